The first-order chi connectivity index (χ1) is 12.5. The van der Waals surface area contributed by atoms with Crippen molar-refractivity contribution >= 4 is 17.8 Å². The van der Waals surface area contributed by atoms with E-state index in [2.05, 4.69) is 14.9 Å². The zero-order chi connectivity index (χ0) is 18.5. The number of aliphatic hydroxyl groups excluding tert-OH is 1. The molecule has 0 radical (unpaired) electrons. The van der Waals surface area contributed by atoms with Gasteiger partial charge in [-0.15, -0.1) is 0 Å². The Balaban J connectivity index is 1.62. The number of hydrogen-bond donors (Lipinski definition) is 1. The fourth-order valence-electron chi connectivity index (χ4n) is 2.99. The maximum absolute atomic E-state index is 12.7. The van der Waals surface area contributed by atoms with Gasteiger partial charge in [0.1, 0.15) is 11.9 Å². The Morgan fingerprint density at radius 3 is 2.50 bits per heavy atom. The molecule has 3 rings (SSSR count). The summed E-state index contributed by atoms with van der Waals surface area (Å²) in [5, 5.41) is 9.64. The van der Waals surface area contributed by atoms with Gasteiger partial charge in [-0.2, -0.15) is 0 Å². The van der Waals surface area contributed by atoms with Gasteiger partial charge in [0, 0.05) is 37.9 Å². The molecule has 6 nitrogen and oxygen atoms in total. The summed E-state index contributed by atoms with van der Waals surface area (Å²) in [4.78, 5) is 25.2. The van der Waals surface area contributed by atoms with Gasteiger partial charge in [0.2, 0.25) is 5.91 Å². The quantitative estimate of drug-likeness (QED) is 0.855. The average molecular weight is 352 g/mol. The van der Waals surface area contributed by atoms with E-state index in [1.54, 1.807) is 13.1 Å². The molecule has 1 aromatic carbocycles. The average Bonchev–Trinajstić information content (AvgIpc) is 2.68. The minimum atomic E-state index is -0.691. The molecule has 1 fully saturated rings. The van der Waals surface area contributed by atoms with Crippen LogP contribution in [0, 0.1) is 0 Å². The second-order valence-electron chi connectivity index (χ2n) is 6.47. The van der Waals surface area contributed by atoms with Crippen LogP contribution in [0.25, 0.3) is 6.08 Å². The van der Waals surface area contributed by atoms with E-state index < -0.39 is 6.10 Å². The van der Waals surface area contributed by atoms with Gasteiger partial charge in [0.15, 0.2) is 5.82 Å². The van der Waals surface area contributed by atoms with E-state index in [0.717, 1.165) is 17.0 Å². The number of aliphatic hydroxyl groups is 1. The fraction of sp³-hybridized carbons (Fsp3) is 0.350. The smallest absolute Gasteiger partial charge is 0.249 e. The highest BCUT2D eigenvalue weighted by Gasteiger charge is 2.23. The van der Waals surface area contributed by atoms with Gasteiger partial charge in [-0.05, 0) is 31.6 Å². The number of benzene rings is 1. The fourth-order valence-corrected chi connectivity index (χ4v) is 2.99. The van der Waals surface area contributed by atoms with Crippen molar-refractivity contribution in [1.29, 1.82) is 0 Å². The summed E-state index contributed by atoms with van der Waals surface area (Å²) in [7, 11) is 0. The van der Waals surface area contributed by atoms with Crippen LogP contribution in [-0.2, 0) is 4.79 Å². The number of anilines is 1. The number of carbonyl (C=O) groups is 1. The number of hydrogen-bond acceptors (Lipinski definition) is 5. The van der Waals surface area contributed by atoms with Crippen LogP contribution < -0.4 is 4.90 Å². The lowest BCUT2D eigenvalue weighted by molar-refractivity contribution is -0.127. The molecule has 0 spiro atoms. The predicted octanol–water partition coefficient (Wildman–Crippen LogP) is 2.28. The van der Waals surface area contributed by atoms with Crippen LogP contribution >= 0.6 is 0 Å². The predicted molar refractivity (Wildman–Crippen MR) is 102 cm³/mol. The van der Waals surface area contributed by atoms with E-state index in [1.165, 1.54) is 0 Å². The van der Waals surface area contributed by atoms with E-state index in [9.17, 15) is 9.90 Å². The van der Waals surface area contributed by atoms with Crippen LogP contribution in [-0.4, -0.2) is 52.1 Å². The molecule has 1 unspecified atom stereocenters. The zero-order valence-electron chi connectivity index (χ0n) is 15.2. The Hall–Kier alpha value is -2.73. The summed E-state index contributed by atoms with van der Waals surface area (Å²) in [5.74, 6) is 1.28. The number of carbonyl (C=O) groups excluding carboxylic acids is 1. The van der Waals surface area contributed by atoms with Gasteiger partial charge in [0.25, 0.3) is 0 Å². The van der Waals surface area contributed by atoms with Crippen molar-refractivity contribution in [3.8, 4) is 0 Å². The molecular weight excluding hydrogens is 328 g/mol. The normalized spacial score (nSPS) is 16.5. The first-order valence-electron chi connectivity index (χ1n) is 8.83. The highest BCUT2D eigenvalue weighted by atomic mass is 16.3. The largest absolute Gasteiger partial charge is 0.385 e. The lowest BCUT2D eigenvalue weighted by Gasteiger charge is -2.35. The Labute approximate surface area is 153 Å². The van der Waals surface area contributed by atoms with E-state index in [1.807, 2.05) is 54.3 Å². The molecule has 1 saturated heterocycles. The van der Waals surface area contributed by atoms with Gasteiger partial charge < -0.3 is 14.9 Å². The molecule has 1 aromatic heterocycles. The number of amides is 1. The van der Waals surface area contributed by atoms with Gasteiger partial charge in [-0.1, -0.05) is 30.3 Å². The van der Waals surface area contributed by atoms with E-state index in [-0.39, 0.29) is 5.91 Å². The van der Waals surface area contributed by atoms with Crippen molar-refractivity contribution in [2.75, 3.05) is 31.1 Å². The third-order valence-corrected chi connectivity index (χ3v) is 4.44. The summed E-state index contributed by atoms with van der Waals surface area (Å²) in [5.41, 5.74) is 1.77. The van der Waals surface area contributed by atoms with Crippen molar-refractivity contribution < 1.29 is 9.90 Å². The molecule has 1 N–H and O–H groups in total. The topological polar surface area (TPSA) is 69.6 Å². The minimum absolute atomic E-state index is 0.0702. The Morgan fingerprint density at radius 2 is 1.85 bits per heavy atom. The number of rotatable bonds is 4. The van der Waals surface area contributed by atoms with Crippen molar-refractivity contribution in [3.63, 3.8) is 0 Å². The van der Waals surface area contributed by atoms with Gasteiger partial charge in [-0.3, -0.25) is 4.79 Å². The van der Waals surface area contributed by atoms with Gasteiger partial charge in [-0.25, -0.2) is 9.97 Å². The Kier molecular flexibility index (Phi) is 5.63. The van der Waals surface area contributed by atoms with Gasteiger partial charge in [0.05, 0.1) is 0 Å². The molecule has 26 heavy (non-hydrogen) atoms. The molecule has 0 bridgehead atoms. The number of aromatic nitrogens is 2. The molecule has 1 amide bonds. The number of nitrogens with zero attached hydrogens (tertiary/aromatic N) is 4. The second-order valence-corrected chi connectivity index (χ2v) is 6.47. The molecule has 0 saturated carbocycles. The summed E-state index contributed by atoms with van der Waals surface area (Å²) in [6.45, 7) is 6.22. The van der Waals surface area contributed by atoms with Crippen LogP contribution in [0.4, 0.5) is 5.82 Å². The van der Waals surface area contributed by atoms with Crippen LogP contribution in [0.3, 0.4) is 0 Å². The summed E-state index contributed by atoms with van der Waals surface area (Å²) >= 11 is 0. The lowest BCUT2D eigenvalue weighted by atomic mass is 10.1. The molecule has 2 aromatic rings. The molecule has 1 atom stereocenters. The van der Waals surface area contributed by atoms with E-state index in [0.29, 0.717) is 32.0 Å². The lowest BCUT2D eigenvalue weighted by Crippen LogP contribution is -2.49. The Morgan fingerprint density at radius 1 is 1.15 bits per heavy atom. The summed E-state index contributed by atoms with van der Waals surface area (Å²) in [6.07, 6.45) is 2.89. The van der Waals surface area contributed by atoms with Crippen molar-refractivity contribution in [2.24, 2.45) is 0 Å². The van der Waals surface area contributed by atoms with Crippen LogP contribution in [0.2, 0.25) is 0 Å². The summed E-state index contributed by atoms with van der Waals surface area (Å²) in [6, 6.07) is 11.7. The maximum Gasteiger partial charge on any atom is 0.249 e. The zero-order valence-corrected chi connectivity index (χ0v) is 15.2. The molecule has 0 aliphatic carbocycles. The standard InChI is InChI=1S/C20H24N4O2/c1-15(14-17-6-4-3-5-7-17)20(26)24-12-10-23(11-13-24)18-8-9-21-19(22-18)16(2)25/h3-9,14,16,25H,10-13H2,1-2H3/b15-14+. The van der Waals surface area contributed by atoms with Crippen LogP contribution in [0.5, 0.6) is 0 Å². The summed E-state index contributed by atoms with van der Waals surface area (Å²) < 4.78 is 0. The Bertz CT molecular complexity index is 781. The molecular formula is C20H24N4O2. The third kappa shape index (κ3) is 4.26. The van der Waals surface area contributed by atoms with Crippen molar-refractivity contribution in [2.45, 2.75) is 20.0 Å². The van der Waals surface area contributed by atoms with Crippen molar-refractivity contribution in [3.05, 3.63) is 59.6 Å². The van der Waals surface area contributed by atoms with E-state index in [4.69, 9.17) is 0 Å². The molecule has 1 aliphatic heterocycles. The van der Waals surface area contributed by atoms with Crippen LogP contribution in [0.1, 0.15) is 31.3 Å². The van der Waals surface area contributed by atoms with E-state index >= 15 is 0 Å². The molecule has 136 valence electrons. The first-order valence-corrected chi connectivity index (χ1v) is 8.83. The third-order valence-electron chi connectivity index (χ3n) is 4.44. The highest BCUT2D eigenvalue weighted by molar-refractivity contribution is 5.97. The number of piperazine rings is 1. The van der Waals surface area contributed by atoms with Crippen molar-refractivity contribution in [1.82, 2.24) is 14.9 Å². The minimum Gasteiger partial charge on any atom is -0.385 e. The monoisotopic (exact) mass is 352 g/mol. The maximum atomic E-state index is 12.7. The SMILES string of the molecule is C/C(=C\c1ccccc1)C(=O)N1CCN(c2ccnc(C(C)O)n2)CC1. The second kappa shape index (κ2) is 8.10. The van der Waals surface area contributed by atoms with Gasteiger partial charge >= 0.3 is 0 Å². The first kappa shape index (κ1) is 18.1. The molecule has 1 aliphatic rings. The van der Waals surface area contributed by atoms with Crippen LogP contribution in [0.15, 0.2) is 48.2 Å². The molecule has 2 heterocycles. The highest BCUT2D eigenvalue weighted by Crippen LogP contribution is 2.17. The molecule has 6 heteroatoms.